The molecule has 1 saturated heterocycles. The molecule has 0 saturated carbocycles. The number of carbonyl (C=O) groups is 1. The molecule has 0 bridgehead atoms. The van der Waals surface area contributed by atoms with E-state index in [1.54, 1.807) is 20.8 Å². The van der Waals surface area contributed by atoms with E-state index < -0.39 is 53.7 Å². The third-order valence-electron chi connectivity index (χ3n) is 5.30. The Morgan fingerprint density at radius 1 is 0.816 bits per heavy atom. The number of hydrogen-bond donors (Lipinski definition) is 2. The van der Waals surface area contributed by atoms with Crippen LogP contribution in [-0.4, -0.2) is 68.4 Å². The topological polar surface area (TPSA) is 208 Å². The number of nitro groups is 2. The van der Waals surface area contributed by atoms with Gasteiger partial charge in [-0.2, -0.15) is 0 Å². The Bertz CT molecular complexity index is 1340. The van der Waals surface area contributed by atoms with Gasteiger partial charge in [-0.25, -0.2) is 31.1 Å². The number of sulfonamides is 2. The highest BCUT2D eigenvalue weighted by Crippen LogP contribution is 2.22. The number of nitrogens with zero attached hydrogens (tertiary/aromatic N) is 3. The Morgan fingerprint density at radius 3 is 1.45 bits per heavy atom. The van der Waals surface area contributed by atoms with Gasteiger partial charge in [-0.3, -0.25) is 20.2 Å². The number of hydrogen-bond acceptors (Lipinski definition) is 10. The number of benzene rings is 2. The van der Waals surface area contributed by atoms with Crippen molar-refractivity contribution in [1.82, 2.24) is 14.3 Å². The second kappa shape index (κ2) is 10.6. The lowest BCUT2D eigenvalue weighted by Gasteiger charge is -2.24. The Labute approximate surface area is 218 Å². The molecule has 3 rings (SSSR count). The highest BCUT2D eigenvalue weighted by Gasteiger charge is 2.41. The molecule has 0 spiro atoms. The van der Waals surface area contributed by atoms with Crippen LogP contribution in [0, 0.1) is 20.2 Å². The molecule has 0 radical (unpaired) electrons. The van der Waals surface area contributed by atoms with E-state index in [0.717, 1.165) is 53.4 Å². The summed E-state index contributed by atoms with van der Waals surface area (Å²) in [7, 11) is -8.60. The first-order chi connectivity index (χ1) is 17.5. The lowest BCUT2D eigenvalue weighted by molar-refractivity contribution is -0.385. The minimum absolute atomic E-state index is 0.255. The lowest BCUT2D eigenvalue weighted by atomic mass is 10.2. The average Bonchev–Trinajstić information content (AvgIpc) is 3.19. The van der Waals surface area contributed by atoms with E-state index in [9.17, 15) is 41.9 Å². The Hall–Kier alpha value is -3.67. The van der Waals surface area contributed by atoms with Crippen LogP contribution in [0.1, 0.15) is 20.8 Å². The van der Waals surface area contributed by atoms with Crippen molar-refractivity contribution >= 4 is 37.5 Å². The SMILES string of the molecule is CC(C)(C)OC(=O)N1C[C@H](NS(=O)(=O)c2ccc([N+](=O)[O-])cc2)[C@@H](NS(=O)(=O)c2ccc([N+](=O)[O-])cc2)C1. The number of nitrogens with one attached hydrogen (secondary N) is 2. The van der Waals surface area contributed by atoms with Crippen LogP contribution in [0.15, 0.2) is 58.3 Å². The third-order valence-corrected chi connectivity index (χ3v) is 8.31. The van der Waals surface area contributed by atoms with Crippen LogP contribution in [0.3, 0.4) is 0 Å². The van der Waals surface area contributed by atoms with Crippen molar-refractivity contribution in [2.45, 2.75) is 48.2 Å². The molecular weight excluding hydrogens is 546 g/mol. The Kier molecular flexibility index (Phi) is 8.06. The van der Waals surface area contributed by atoms with Crippen molar-refractivity contribution in [2.75, 3.05) is 13.1 Å². The molecule has 2 aromatic rings. The van der Waals surface area contributed by atoms with E-state index in [0.29, 0.717) is 0 Å². The molecule has 38 heavy (non-hydrogen) atoms. The van der Waals surface area contributed by atoms with Gasteiger partial charge in [-0.15, -0.1) is 0 Å². The fourth-order valence-electron chi connectivity index (χ4n) is 3.55. The minimum atomic E-state index is -4.30. The third kappa shape index (κ3) is 7.00. The molecule has 2 aromatic carbocycles. The number of ether oxygens (including phenoxy) is 1. The van der Waals surface area contributed by atoms with Crippen LogP contribution >= 0.6 is 0 Å². The number of rotatable bonds is 8. The molecule has 1 amide bonds. The van der Waals surface area contributed by atoms with Gasteiger partial charge in [0.1, 0.15) is 5.60 Å². The predicted octanol–water partition coefficient (Wildman–Crippen LogP) is 1.75. The lowest BCUT2D eigenvalue weighted by Crippen LogP contribution is -2.50. The Balaban J connectivity index is 1.88. The average molecular weight is 572 g/mol. The summed E-state index contributed by atoms with van der Waals surface area (Å²) < 4.78 is 62.0. The van der Waals surface area contributed by atoms with Gasteiger partial charge in [0.2, 0.25) is 20.0 Å². The first-order valence-electron chi connectivity index (χ1n) is 11.0. The van der Waals surface area contributed by atoms with Gasteiger partial charge < -0.3 is 9.64 Å². The molecule has 206 valence electrons. The summed E-state index contributed by atoms with van der Waals surface area (Å²) in [5, 5.41) is 21.8. The number of carbonyl (C=O) groups excluding carboxylic acids is 1. The van der Waals surface area contributed by atoms with Gasteiger partial charge in [0.05, 0.1) is 31.7 Å². The van der Waals surface area contributed by atoms with Crippen molar-refractivity contribution in [3.05, 3.63) is 68.8 Å². The van der Waals surface area contributed by atoms with Crippen LogP contribution in [0.5, 0.6) is 0 Å². The van der Waals surface area contributed by atoms with Crippen LogP contribution in [0.2, 0.25) is 0 Å². The second-order valence-corrected chi connectivity index (χ2v) is 12.8. The molecule has 1 aliphatic heterocycles. The van der Waals surface area contributed by atoms with E-state index in [1.807, 2.05) is 0 Å². The van der Waals surface area contributed by atoms with Gasteiger partial charge in [0, 0.05) is 37.4 Å². The summed E-state index contributed by atoms with van der Waals surface area (Å²) in [5.74, 6) is 0. The summed E-state index contributed by atoms with van der Waals surface area (Å²) in [5.41, 5.74) is -1.52. The maximum absolute atomic E-state index is 13.0. The smallest absolute Gasteiger partial charge is 0.410 e. The zero-order chi connectivity index (χ0) is 28.5. The number of non-ortho nitro benzene ring substituents is 2. The highest BCUT2D eigenvalue weighted by molar-refractivity contribution is 7.90. The molecule has 0 aromatic heterocycles. The fraction of sp³-hybridized carbons (Fsp3) is 0.381. The van der Waals surface area contributed by atoms with Crippen molar-refractivity contribution in [3.8, 4) is 0 Å². The first-order valence-corrected chi connectivity index (χ1v) is 14.0. The van der Waals surface area contributed by atoms with Crippen LogP contribution in [0.4, 0.5) is 16.2 Å². The molecule has 1 aliphatic rings. The van der Waals surface area contributed by atoms with Gasteiger partial charge in [0.15, 0.2) is 0 Å². The highest BCUT2D eigenvalue weighted by atomic mass is 32.2. The second-order valence-electron chi connectivity index (χ2n) is 9.34. The van der Waals surface area contributed by atoms with Crippen molar-refractivity contribution in [3.63, 3.8) is 0 Å². The molecule has 0 unspecified atom stereocenters. The number of likely N-dealkylation sites (tertiary alicyclic amines) is 1. The van der Waals surface area contributed by atoms with Crippen LogP contribution in [-0.2, 0) is 24.8 Å². The molecule has 17 heteroatoms. The maximum Gasteiger partial charge on any atom is 0.410 e. The first kappa shape index (κ1) is 28.9. The monoisotopic (exact) mass is 571 g/mol. The minimum Gasteiger partial charge on any atom is -0.444 e. The van der Waals surface area contributed by atoms with Gasteiger partial charge in [0.25, 0.3) is 11.4 Å². The summed E-state index contributed by atoms with van der Waals surface area (Å²) in [6.07, 6.45) is -0.797. The van der Waals surface area contributed by atoms with Crippen LogP contribution < -0.4 is 9.44 Å². The predicted molar refractivity (Wildman–Crippen MR) is 132 cm³/mol. The van der Waals surface area contributed by atoms with Gasteiger partial charge >= 0.3 is 6.09 Å². The normalized spacial score (nSPS) is 18.2. The summed E-state index contributed by atoms with van der Waals surface area (Å²) in [6.45, 7) is 4.38. The van der Waals surface area contributed by atoms with E-state index in [-0.39, 0.29) is 34.3 Å². The largest absolute Gasteiger partial charge is 0.444 e. The number of amides is 1. The van der Waals surface area contributed by atoms with Crippen molar-refractivity contribution in [2.24, 2.45) is 0 Å². The van der Waals surface area contributed by atoms with E-state index >= 15 is 0 Å². The molecule has 0 aliphatic carbocycles. The standard InChI is InChI=1S/C21H25N5O10S2/c1-21(2,3)36-20(27)24-12-18(22-37(32,33)16-8-4-14(5-9-16)25(28)29)19(13-24)23-38(34,35)17-10-6-15(7-11-17)26(30)31/h4-11,18-19,22-23H,12-13H2,1-3H3/t18-,19-/m0/s1. The fourth-order valence-corrected chi connectivity index (χ4v) is 6.08. The van der Waals surface area contributed by atoms with E-state index in [1.165, 1.54) is 0 Å². The molecular formula is C21H25N5O10S2. The zero-order valence-corrected chi connectivity index (χ0v) is 22.1. The van der Waals surface area contributed by atoms with E-state index in [4.69, 9.17) is 4.74 Å². The Morgan fingerprint density at radius 2 is 1.16 bits per heavy atom. The van der Waals surface area contributed by atoms with Crippen molar-refractivity contribution < 1.29 is 36.2 Å². The molecule has 2 atom stereocenters. The number of nitro benzene ring substituents is 2. The van der Waals surface area contributed by atoms with Gasteiger partial charge in [-0.1, -0.05) is 0 Å². The summed E-state index contributed by atoms with van der Waals surface area (Å²) in [4.78, 5) is 33.5. The molecule has 1 fully saturated rings. The molecule has 2 N–H and O–H groups in total. The maximum atomic E-state index is 13.0. The molecule has 1 heterocycles. The van der Waals surface area contributed by atoms with Crippen molar-refractivity contribution in [1.29, 1.82) is 0 Å². The summed E-state index contributed by atoms with van der Waals surface area (Å²) in [6, 6.07) is 5.81. The quantitative estimate of drug-likeness (QED) is 0.346. The van der Waals surface area contributed by atoms with Crippen LogP contribution in [0.25, 0.3) is 0 Å². The zero-order valence-electron chi connectivity index (χ0n) is 20.4. The van der Waals surface area contributed by atoms with E-state index in [2.05, 4.69) is 9.44 Å². The summed E-state index contributed by atoms with van der Waals surface area (Å²) >= 11 is 0. The molecule has 15 nitrogen and oxygen atoms in total. The van der Waals surface area contributed by atoms with Gasteiger partial charge in [-0.05, 0) is 45.0 Å².